The molecule has 4 heterocycles. The molecule has 0 radical (unpaired) electrons. The minimum atomic E-state index is -0.523. The zero-order valence-corrected chi connectivity index (χ0v) is 17.1. The maximum absolute atomic E-state index is 14.3. The fourth-order valence-electron chi connectivity index (χ4n) is 3.47. The second kappa shape index (κ2) is 8.23. The second-order valence-corrected chi connectivity index (χ2v) is 7.27. The number of carbonyl (C=O) groups excluding carboxylic acids is 1. The Morgan fingerprint density at radius 3 is 3.00 bits per heavy atom. The highest BCUT2D eigenvalue weighted by atomic mass is 19.1. The molecule has 0 aromatic carbocycles. The minimum Gasteiger partial charge on any atom is -0.477 e. The molecule has 1 unspecified atom stereocenters. The number of ether oxygens (including phenoxy) is 1. The number of anilines is 2. The number of nitrogens with zero attached hydrogens (tertiary/aromatic N) is 5. The fraction of sp³-hybridized carbons (Fsp3) is 0.400. The standard InChI is InChI=1S/C20H24FN7O2/c1-4-30-19-15(8-23-20(26-19)27-6-5-22-12(2)9-27)18(29)25-14-7-16(21)17-24-13(3)10-28(17)11-14/h7-8,10-12,22H,4-6,9H2,1-3H3,(H,25,29). The first kappa shape index (κ1) is 20.0. The molecule has 1 saturated heterocycles. The Kier molecular flexibility index (Phi) is 5.49. The lowest BCUT2D eigenvalue weighted by atomic mass is 10.2. The van der Waals surface area contributed by atoms with E-state index < -0.39 is 11.7 Å². The van der Waals surface area contributed by atoms with E-state index in [2.05, 4.69) is 37.4 Å². The largest absolute Gasteiger partial charge is 0.477 e. The van der Waals surface area contributed by atoms with Gasteiger partial charge in [-0.1, -0.05) is 0 Å². The summed E-state index contributed by atoms with van der Waals surface area (Å²) in [6.45, 7) is 8.40. The molecule has 1 amide bonds. The first-order chi connectivity index (χ1) is 14.4. The van der Waals surface area contributed by atoms with Crippen LogP contribution in [0.15, 0.2) is 24.7 Å². The van der Waals surface area contributed by atoms with Gasteiger partial charge in [0.1, 0.15) is 5.56 Å². The van der Waals surface area contributed by atoms with Crippen molar-refractivity contribution in [1.82, 2.24) is 24.7 Å². The van der Waals surface area contributed by atoms with Crippen LogP contribution in [0.25, 0.3) is 5.65 Å². The topological polar surface area (TPSA) is 96.7 Å². The molecule has 0 aliphatic carbocycles. The molecule has 0 bridgehead atoms. The van der Waals surface area contributed by atoms with Crippen LogP contribution in [0.3, 0.4) is 0 Å². The van der Waals surface area contributed by atoms with Crippen LogP contribution in [0.5, 0.6) is 5.88 Å². The number of imidazole rings is 1. The SMILES string of the molecule is CCOc1nc(N2CCNC(C)C2)ncc1C(=O)Nc1cc(F)c2nc(C)cn2c1. The lowest BCUT2D eigenvalue weighted by Crippen LogP contribution is -2.49. The van der Waals surface area contributed by atoms with E-state index in [9.17, 15) is 9.18 Å². The summed E-state index contributed by atoms with van der Waals surface area (Å²) in [4.78, 5) is 27.9. The van der Waals surface area contributed by atoms with Crippen LogP contribution in [-0.2, 0) is 0 Å². The lowest BCUT2D eigenvalue weighted by Gasteiger charge is -2.32. The van der Waals surface area contributed by atoms with Crippen LogP contribution in [0.2, 0.25) is 0 Å². The molecule has 3 aromatic heterocycles. The third kappa shape index (κ3) is 4.04. The van der Waals surface area contributed by atoms with Crippen LogP contribution in [0.1, 0.15) is 29.9 Å². The molecule has 0 saturated carbocycles. The number of fused-ring (bicyclic) bond motifs is 1. The van der Waals surface area contributed by atoms with Gasteiger partial charge < -0.3 is 24.7 Å². The zero-order valence-electron chi connectivity index (χ0n) is 17.1. The summed E-state index contributed by atoms with van der Waals surface area (Å²) in [7, 11) is 0. The van der Waals surface area contributed by atoms with Crippen molar-refractivity contribution in [1.29, 1.82) is 0 Å². The van der Waals surface area contributed by atoms with Crippen molar-refractivity contribution in [2.75, 3.05) is 36.5 Å². The Morgan fingerprint density at radius 1 is 1.40 bits per heavy atom. The molecule has 1 fully saturated rings. The smallest absolute Gasteiger partial charge is 0.262 e. The molecule has 30 heavy (non-hydrogen) atoms. The lowest BCUT2D eigenvalue weighted by molar-refractivity contribution is 0.102. The monoisotopic (exact) mass is 413 g/mol. The van der Waals surface area contributed by atoms with Crippen molar-refractivity contribution >= 4 is 23.2 Å². The highest BCUT2D eigenvalue weighted by molar-refractivity contribution is 6.05. The number of aromatic nitrogens is 4. The number of pyridine rings is 1. The summed E-state index contributed by atoms with van der Waals surface area (Å²) >= 11 is 0. The van der Waals surface area contributed by atoms with Gasteiger partial charge in [0.2, 0.25) is 11.8 Å². The second-order valence-electron chi connectivity index (χ2n) is 7.27. The molecule has 158 valence electrons. The number of carbonyl (C=O) groups is 1. The first-order valence-electron chi connectivity index (χ1n) is 9.89. The summed E-state index contributed by atoms with van der Waals surface area (Å²) in [6.07, 6.45) is 4.74. The van der Waals surface area contributed by atoms with Gasteiger partial charge in [-0.2, -0.15) is 4.98 Å². The number of halogens is 1. The fourth-order valence-corrected chi connectivity index (χ4v) is 3.47. The van der Waals surface area contributed by atoms with E-state index >= 15 is 0 Å². The number of rotatable bonds is 5. The molecular formula is C20H24FN7O2. The summed E-state index contributed by atoms with van der Waals surface area (Å²) in [5.41, 5.74) is 1.37. The van der Waals surface area contributed by atoms with E-state index in [4.69, 9.17) is 4.74 Å². The van der Waals surface area contributed by atoms with Gasteiger partial charge >= 0.3 is 0 Å². The molecule has 3 aromatic rings. The van der Waals surface area contributed by atoms with Gasteiger partial charge in [0.25, 0.3) is 5.91 Å². The van der Waals surface area contributed by atoms with Crippen molar-refractivity contribution in [3.05, 3.63) is 41.7 Å². The third-order valence-corrected chi connectivity index (χ3v) is 4.80. The molecule has 2 N–H and O–H groups in total. The summed E-state index contributed by atoms with van der Waals surface area (Å²) in [6, 6.07) is 1.55. The van der Waals surface area contributed by atoms with Crippen molar-refractivity contribution < 1.29 is 13.9 Å². The van der Waals surface area contributed by atoms with Crippen LogP contribution in [-0.4, -0.2) is 57.5 Å². The highest BCUT2D eigenvalue weighted by Gasteiger charge is 2.22. The number of piperazine rings is 1. The van der Waals surface area contributed by atoms with E-state index in [1.54, 1.807) is 19.3 Å². The van der Waals surface area contributed by atoms with Gasteiger partial charge in [0.15, 0.2) is 11.5 Å². The van der Waals surface area contributed by atoms with Crippen LogP contribution < -0.4 is 20.3 Å². The van der Waals surface area contributed by atoms with E-state index in [1.807, 2.05) is 6.92 Å². The quantitative estimate of drug-likeness (QED) is 0.661. The summed E-state index contributed by atoms with van der Waals surface area (Å²) in [5.74, 6) is -0.282. The molecule has 1 aliphatic heterocycles. The van der Waals surface area contributed by atoms with E-state index in [-0.39, 0.29) is 17.1 Å². The van der Waals surface area contributed by atoms with Gasteiger partial charge in [-0.25, -0.2) is 14.4 Å². The molecule has 10 heteroatoms. The molecule has 1 aliphatic rings. The predicted octanol–water partition coefficient (Wildman–Crippen LogP) is 2.02. The molecule has 9 nitrogen and oxygen atoms in total. The van der Waals surface area contributed by atoms with Crippen LogP contribution in [0.4, 0.5) is 16.0 Å². The summed E-state index contributed by atoms with van der Waals surface area (Å²) in [5, 5.41) is 6.06. The third-order valence-electron chi connectivity index (χ3n) is 4.80. The minimum absolute atomic E-state index is 0.186. The zero-order chi connectivity index (χ0) is 21.3. The van der Waals surface area contributed by atoms with Crippen molar-refractivity contribution in [3.63, 3.8) is 0 Å². The van der Waals surface area contributed by atoms with Crippen LogP contribution in [0, 0.1) is 12.7 Å². The Bertz CT molecular complexity index is 1080. The first-order valence-corrected chi connectivity index (χ1v) is 9.89. The average Bonchev–Trinajstić information content (AvgIpc) is 3.09. The Balaban J connectivity index is 1.60. The van der Waals surface area contributed by atoms with Crippen molar-refractivity contribution in [2.24, 2.45) is 0 Å². The number of amides is 1. The predicted molar refractivity (Wildman–Crippen MR) is 111 cm³/mol. The number of nitrogens with one attached hydrogen (secondary N) is 2. The highest BCUT2D eigenvalue weighted by Crippen LogP contribution is 2.22. The summed E-state index contributed by atoms with van der Waals surface area (Å²) < 4.78 is 21.5. The molecule has 1 atom stereocenters. The van der Waals surface area contributed by atoms with E-state index in [0.29, 0.717) is 30.0 Å². The van der Waals surface area contributed by atoms with E-state index in [0.717, 1.165) is 19.6 Å². The number of hydrogen-bond acceptors (Lipinski definition) is 7. The van der Waals surface area contributed by atoms with Gasteiger partial charge in [-0.15, -0.1) is 0 Å². The van der Waals surface area contributed by atoms with Crippen molar-refractivity contribution in [3.8, 4) is 5.88 Å². The Hall–Kier alpha value is -3.27. The van der Waals surface area contributed by atoms with Gasteiger partial charge in [0, 0.05) is 50.3 Å². The van der Waals surface area contributed by atoms with Gasteiger partial charge in [-0.05, 0) is 20.8 Å². The maximum Gasteiger partial charge on any atom is 0.262 e. The number of aryl methyl sites for hydroxylation is 1. The van der Waals surface area contributed by atoms with Crippen molar-refractivity contribution in [2.45, 2.75) is 26.8 Å². The molecular weight excluding hydrogens is 389 g/mol. The number of hydrogen-bond donors (Lipinski definition) is 2. The molecule has 0 spiro atoms. The average molecular weight is 413 g/mol. The maximum atomic E-state index is 14.3. The normalized spacial score (nSPS) is 16.7. The van der Waals surface area contributed by atoms with E-state index in [1.165, 1.54) is 16.7 Å². The Morgan fingerprint density at radius 2 is 2.23 bits per heavy atom. The van der Waals surface area contributed by atoms with Crippen LogP contribution >= 0.6 is 0 Å². The van der Waals surface area contributed by atoms with Gasteiger partial charge in [-0.3, -0.25) is 4.79 Å². The molecule has 4 rings (SSSR count). The van der Waals surface area contributed by atoms with Gasteiger partial charge in [0.05, 0.1) is 18.0 Å². The Labute approximate surface area is 173 Å².